The van der Waals surface area contributed by atoms with E-state index in [1.807, 2.05) is 6.07 Å². The van der Waals surface area contributed by atoms with E-state index >= 15 is 0 Å². The zero-order valence-corrected chi connectivity index (χ0v) is 16.6. The van der Waals surface area contributed by atoms with E-state index in [4.69, 9.17) is 10.00 Å². The molecule has 28 heavy (non-hydrogen) atoms. The monoisotopic (exact) mass is 481 g/mol. The molecule has 0 radical (unpaired) electrons. The Bertz CT molecular complexity index is 941. The second-order valence-corrected chi connectivity index (χ2v) is 9.77. The van der Waals surface area contributed by atoms with E-state index in [9.17, 15) is 26.4 Å². The Morgan fingerprint density at radius 2 is 2.07 bits per heavy atom. The van der Waals surface area contributed by atoms with Crippen molar-refractivity contribution in [3.8, 4) is 6.07 Å². The molecular formula is C16H15BrF3N3O4S. The molecule has 0 aromatic heterocycles. The topological polar surface area (TPSA) is 108 Å². The molecule has 7 nitrogen and oxygen atoms in total. The number of carbonyl (C=O) groups is 1. The van der Waals surface area contributed by atoms with E-state index in [0.29, 0.717) is 18.9 Å². The molecule has 1 saturated heterocycles. The Balaban J connectivity index is 1.73. The van der Waals surface area contributed by atoms with Crippen LogP contribution >= 0.6 is 15.9 Å². The number of amides is 1. The summed E-state index contributed by atoms with van der Waals surface area (Å²) < 4.78 is 70.6. The van der Waals surface area contributed by atoms with Crippen LogP contribution in [0.15, 0.2) is 27.6 Å². The average Bonchev–Trinajstić information content (AvgIpc) is 3.20. The van der Waals surface area contributed by atoms with Gasteiger partial charge in [-0.05, 0) is 31.0 Å². The van der Waals surface area contributed by atoms with Gasteiger partial charge in [-0.1, -0.05) is 15.9 Å². The fraction of sp³-hybridized carbons (Fsp3) is 0.500. The van der Waals surface area contributed by atoms with Crippen LogP contribution in [0.25, 0.3) is 0 Å². The molecule has 1 aliphatic heterocycles. The first-order chi connectivity index (χ1) is 13.0. The minimum absolute atomic E-state index is 0.104. The first-order valence-electron chi connectivity index (χ1n) is 8.21. The van der Waals surface area contributed by atoms with Crippen LogP contribution in [0.2, 0.25) is 0 Å². The predicted molar refractivity (Wildman–Crippen MR) is 93.7 cm³/mol. The maximum Gasteiger partial charge on any atom is 0.417 e. The zero-order valence-electron chi connectivity index (χ0n) is 14.2. The van der Waals surface area contributed by atoms with Gasteiger partial charge >= 0.3 is 12.3 Å². The minimum atomic E-state index is -4.84. The number of alkyl carbamates (subject to hydrolysis) is 1. The van der Waals surface area contributed by atoms with Crippen LogP contribution in [-0.4, -0.2) is 38.1 Å². The van der Waals surface area contributed by atoms with Crippen LogP contribution in [-0.2, 0) is 20.8 Å². The third kappa shape index (κ3) is 4.26. The van der Waals surface area contributed by atoms with Crippen molar-refractivity contribution >= 4 is 31.9 Å². The number of nitrogens with one attached hydrogen (secondary N) is 2. The van der Waals surface area contributed by atoms with Crippen LogP contribution in [0.5, 0.6) is 0 Å². The summed E-state index contributed by atoms with van der Waals surface area (Å²) in [6, 6.07) is 4.80. The summed E-state index contributed by atoms with van der Waals surface area (Å²) in [4.78, 5) is 11.0. The molecular weight excluding hydrogens is 467 g/mol. The highest BCUT2D eigenvalue weighted by Gasteiger charge is 2.46. The summed E-state index contributed by atoms with van der Waals surface area (Å²) >= 11 is 2.92. The summed E-state index contributed by atoms with van der Waals surface area (Å²) in [6.45, 7) is -0.170. The molecule has 1 aromatic rings. The van der Waals surface area contributed by atoms with Crippen LogP contribution in [0.4, 0.5) is 18.0 Å². The summed E-state index contributed by atoms with van der Waals surface area (Å²) in [7, 11) is -4.33. The van der Waals surface area contributed by atoms with Crippen LogP contribution in [0, 0.1) is 11.3 Å². The number of hydrogen-bond acceptors (Lipinski definition) is 6. The van der Waals surface area contributed by atoms with Gasteiger partial charge in [-0.3, -0.25) is 5.32 Å². The van der Waals surface area contributed by atoms with Crippen molar-refractivity contribution < 1.29 is 31.1 Å². The summed E-state index contributed by atoms with van der Waals surface area (Å²) in [5.74, 6) is 0. The average molecular weight is 482 g/mol. The van der Waals surface area contributed by atoms with Crippen molar-refractivity contribution in [2.45, 2.75) is 47.4 Å². The minimum Gasteiger partial charge on any atom is -0.430 e. The Labute approximate surface area is 167 Å². The Morgan fingerprint density at radius 1 is 1.39 bits per heavy atom. The SMILES string of the molecule is N#CC1(NC(=O)O[C@H]2C[C@@H](S(=O)(=O)c3ccc(Br)cc3C(F)(F)F)CN2)CC1. The molecule has 1 aromatic carbocycles. The van der Waals surface area contributed by atoms with Gasteiger partial charge in [0.2, 0.25) is 0 Å². The van der Waals surface area contributed by atoms with Gasteiger partial charge in [-0.15, -0.1) is 0 Å². The second kappa shape index (κ2) is 7.20. The number of halogens is 4. The van der Waals surface area contributed by atoms with Crippen LogP contribution in [0.1, 0.15) is 24.8 Å². The second-order valence-electron chi connectivity index (χ2n) is 6.66. The number of ether oxygens (including phenoxy) is 1. The fourth-order valence-electron chi connectivity index (χ4n) is 2.89. The lowest BCUT2D eigenvalue weighted by atomic mass is 10.2. The molecule has 2 atom stereocenters. The van der Waals surface area contributed by atoms with E-state index in [-0.39, 0.29) is 17.4 Å². The Kier molecular flexibility index (Phi) is 5.37. The van der Waals surface area contributed by atoms with Crippen molar-refractivity contribution in [2.24, 2.45) is 0 Å². The van der Waals surface area contributed by atoms with Gasteiger partial charge in [0.25, 0.3) is 0 Å². The van der Waals surface area contributed by atoms with Gasteiger partial charge in [0, 0.05) is 17.4 Å². The van der Waals surface area contributed by atoms with Gasteiger partial charge in [0.15, 0.2) is 16.1 Å². The number of hydrogen-bond donors (Lipinski definition) is 2. The third-order valence-electron chi connectivity index (χ3n) is 4.60. The highest BCUT2D eigenvalue weighted by molar-refractivity contribution is 9.10. The third-order valence-corrected chi connectivity index (χ3v) is 7.30. The molecule has 1 saturated carbocycles. The first kappa shape index (κ1) is 20.9. The lowest BCUT2D eigenvalue weighted by molar-refractivity contribution is -0.139. The fourth-order valence-corrected chi connectivity index (χ4v) is 5.09. The van der Waals surface area contributed by atoms with Crippen molar-refractivity contribution in [3.63, 3.8) is 0 Å². The molecule has 0 unspecified atom stereocenters. The molecule has 152 valence electrons. The molecule has 2 N–H and O–H groups in total. The smallest absolute Gasteiger partial charge is 0.417 e. The van der Waals surface area contributed by atoms with Crippen molar-refractivity contribution in [3.05, 3.63) is 28.2 Å². The summed E-state index contributed by atoms with van der Waals surface area (Å²) in [5, 5.41) is 12.8. The van der Waals surface area contributed by atoms with E-state index in [1.54, 1.807) is 0 Å². The van der Waals surface area contributed by atoms with Gasteiger partial charge < -0.3 is 10.1 Å². The van der Waals surface area contributed by atoms with Crippen molar-refractivity contribution in [1.82, 2.24) is 10.6 Å². The van der Waals surface area contributed by atoms with Gasteiger partial charge in [0.1, 0.15) is 5.54 Å². The van der Waals surface area contributed by atoms with E-state index in [1.165, 1.54) is 6.07 Å². The van der Waals surface area contributed by atoms with Gasteiger partial charge in [-0.2, -0.15) is 18.4 Å². The molecule has 1 amide bonds. The highest BCUT2D eigenvalue weighted by atomic mass is 79.9. The van der Waals surface area contributed by atoms with Gasteiger partial charge in [0.05, 0.1) is 21.8 Å². The Hall–Kier alpha value is -1.84. The normalized spacial score (nSPS) is 23.7. The standard InChI is InChI=1S/C16H15BrF3N3O4S/c17-9-1-2-12(11(5-9)16(18,19)20)28(25,26)10-6-13(22-7-10)27-14(24)23-15(8-21)3-4-15/h1-2,5,10,13,22H,3-4,6-7H2,(H,23,24)/t10-,13+/m1/s1. The largest absolute Gasteiger partial charge is 0.430 e. The maximum atomic E-state index is 13.3. The number of sulfone groups is 1. The van der Waals surface area contributed by atoms with Crippen molar-refractivity contribution in [2.75, 3.05) is 6.54 Å². The zero-order chi connectivity index (χ0) is 20.7. The maximum absolute atomic E-state index is 13.3. The molecule has 2 aliphatic rings. The Morgan fingerprint density at radius 3 is 2.64 bits per heavy atom. The van der Waals surface area contributed by atoms with E-state index in [0.717, 1.165) is 6.07 Å². The predicted octanol–water partition coefficient (Wildman–Crippen LogP) is 2.71. The molecule has 1 aliphatic carbocycles. The van der Waals surface area contributed by atoms with E-state index in [2.05, 4.69) is 26.6 Å². The molecule has 2 fully saturated rings. The number of rotatable bonds is 4. The van der Waals surface area contributed by atoms with Gasteiger partial charge in [-0.25, -0.2) is 13.2 Å². The number of nitriles is 1. The number of carbonyl (C=O) groups excluding carboxylic acids is 1. The molecule has 12 heteroatoms. The molecule has 1 heterocycles. The molecule has 0 bridgehead atoms. The number of nitrogens with zero attached hydrogens (tertiary/aromatic N) is 1. The molecule has 3 rings (SSSR count). The van der Waals surface area contributed by atoms with Crippen LogP contribution in [0.3, 0.4) is 0 Å². The first-order valence-corrected chi connectivity index (χ1v) is 10.5. The quantitative estimate of drug-likeness (QED) is 0.684. The molecule has 0 spiro atoms. The number of benzene rings is 1. The summed E-state index contributed by atoms with van der Waals surface area (Å²) in [6.07, 6.45) is -5.92. The van der Waals surface area contributed by atoms with Crippen molar-refractivity contribution in [1.29, 1.82) is 5.26 Å². The number of alkyl halides is 3. The van der Waals surface area contributed by atoms with Crippen LogP contribution < -0.4 is 10.6 Å². The lowest BCUT2D eigenvalue weighted by Crippen LogP contribution is -2.40. The summed E-state index contributed by atoms with van der Waals surface area (Å²) in [5.41, 5.74) is -2.20. The lowest BCUT2D eigenvalue weighted by Gasteiger charge is -2.17. The van der Waals surface area contributed by atoms with E-state index < -0.39 is 49.6 Å². The highest BCUT2D eigenvalue weighted by Crippen LogP contribution is 2.38.